The van der Waals surface area contributed by atoms with Crippen molar-refractivity contribution in [3.8, 4) is 17.2 Å². The molecule has 0 spiro atoms. The fourth-order valence-electron chi connectivity index (χ4n) is 7.36. The van der Waals surface area contributed by atoms with E-state index in [-0.39, 0.29) is 30.7 Å². The SMILES string of the molecule is COc1ccc(COC(=O)[C@H]2CCCC[C@H]2C(=O)N2CCc3c(Cl)ccc(OC/C(N)=C(\C(F)F)N(C)N)c3[C@H]2CN2CCCC2=O)c(OC)c1. The van der Waals surface area contributed by atoms with E-state index in [4.69, 9.17) is 42.1 Å². The normalized spacial score (nSPS) is 20.9. The lowest BCUT2D eigenvalue weighted by Gasteiger charge is -2.43. The summed E-state index contributed by atoms with van der Waals surface area (Å²) in [6.45, 7) is 0.538. The van der Waals surface area contributed by atoms with Crippen LogP contribution in [0.15, 0.2) is 41.7 Å². The number of amides is 2. The summed E-state index contributed by atoms with van der Waals surface area (Å²) in [6, 6.07) is 7.81. The molecule has 12 nitrogen and oxygen atoms in total. The lowest BCUT2D eigenvalue weighted by atomic mass is 9.77. The third-order valence-corrected chi connectivity index (χ3v) is 10.3. The average molecular weight is 734 g/mol. The Balaban J connectivity index is 1.44. The summed E-state index contributed by atoms with van der Waals surface area (Å²) in [5, 5.41) is 1.20. The molecule has 0 aromatic heterocycles. The quantitative estimate of drug-likeness (QED) is 0.170. The molecule has 1 aliphatic carbocycles. The van der Waals surface area contributed by atoms with Crippen LogP contribution in [-0.2, 0) is 32.1 Å². The van der Waals surface area contributed by atoms with E-state index in [1.54, 1.807) is 47.2 Å². The molecule has 2 amide bonds. The number of carbonyl (C=O) groups is 3. The standard InChI is InChI=1S/C36H46ClF2N5O7/c1-42(41)33(34(38)39)27(40)20-50-29-13-12-26(37)25-14-16-44(28(32(25)29)18-43-15-6-9-31(43)45)35(46)23-7-4-5-8-24(23)36(47)51-19-21-10-11-22(48-2)17-30(21)49-3/h10-13,17,23-24,28,34H,4-9,14-16,18-20,40-41H2,1-3H3/b33-27-/t23-,24+,28-/m1/s1. The van der Waals surface area contributed by atoms with Gasteiger partial charge in [0.2, 0.25) is 11.8 Å². The minimum Gasteiger partial charge on any atom is -0.497 e. The number of fused-ring (bicyclic) bond motifs is 1. The molecule has 2 heterocycles. The monoisotopic (exact) mass is 733 g/mol. The molecule has 1 saturated carbocycles. The number of hydrazine groups is 1. The first-order valence-corrected chi connectivity index (χ1v) is 17.5. The van der Waals surface area contributed by atoms with Gasteiger partial charge in [-0.3, -0.25) is 14.4 Å². The van der Waals surface area contributed by atoms with Gasteiger partial charge in [-0.2, -0.15) is 0 Å². The molecule has 4 N–H and O–H groups in total. The highest BCUT2D eigenvalue weighted by molar-refractivity contribution is 6.31. The summed E-state index contributed by atoms with van der Waals surface area (Å²) in [4.78, 5) is 44.7. The maximum absolute atomic E-state index is 14.7. The molecule has 2 aromatic carbocycles. The molecule has 3 aliphatic rings. The molecule has 51 heavy (non-hydrogen) atoms. The minimum absolute atomic E-state index is 0.0353. The van der Waals surface area contributed by atoms with Crippen LogP contribution in [0.2, 0.25) is 5.02 Å². The molecule has 1 saturated heterocycles. The molecule has 2 fully saturated rings. The van der Waals surface area contributed by atoms with Gasteiger partial charge < -0.3 is 39.5 Å². The Morgan fingerprint density at radius 2 is 1.76 bits per heavy atom. The molecule has 0 bridgehead atoms. The largest absolute Gasteiger partial charge is 0.497 e. The topological polar surface area (TPSA) is 150 Å². The molecule has 0 radical (unpaired) electrons. The molecule has 2 aromatic rings. The van der Waals surface area contributed by atoms with Gasteiger partial charge in [0.05, 0.1) is 37.8 Å². The molecule has 5 rings (SSSR count). The Hall–Kier alpha value is -4.30. The molecule has 3 atom stereocenters. The maximum atomic E-state index is 14.7. The van der Waals surface area contributed by atoms with E-state index in [1.807, 2.05) is 0 Å². The second-order valence-electron chi connectivity index (χ2n) is 13.1. The second-order valence-corrected chi connectivity index (χ2v) is 13.5. The fourth-order valence-corrected chi connectivity index (χ4v) is 7.62. The van der Waals surface area contributed by atoms with E-state index in [9.17, 15) is 23.2 Å². The number of halogens is 3. The maximum Gasteiger partial charge on any atom is 0.310 e. The number of alkyl halides is 2. The van der Waals surface area contributed by atoms with Gasteiger partial charge >= 0.3 is 5.97 Å². The average Bonchev–Trinajstić information content (AvgIpc) is 3.53. The number of nitrogens with zero attached hydrogens (tertiary/aromatic N) is 3. The van der Waals surface area contributed by atoms with Crippen LogP contribution in [0.4, 0.5) is 8.78 Å². The van der Waals surface area contributed by atoms with Crippen molar-refractivity contribution in [2.24, 2.45) is 23.4 Å². The first kappa shape index (κ1) is 37.9. The van der Waals surface area contributed by atoms with Gasteiger partial charge in [-0.1, -0.05) is 24.4 Å². The zero-order chi connectivity index (χ0) is 36.8. The summed E-state index contributed by atoms with van der Waals surface area (Å²) < 4.78 is 50.0. The zero-order valence-corrected chi connectivity index (χ0v) is 29.9. The van der Waals surface area contributed by atoms with E-state index in [0.717, 1.165) is 23.4 Å². The predicted molar refractivity (Wildman–Crippen MR) is 185 cm³/mol. The van der Waals surface area contributed by atoms with Gasteiger partial charge in [-0.25, -0.2) is 14.6 Å². The van der Waals surface area contributed by atoms with Crippen molar-refractivity contribution < 1.29 is 42.1 Å². The lowest BCUT2D eigenvalue weighted by Crippen LogP contribution is -2.50. The van der Waals surface area contributed by atoms with E-state index < -0.39 is 42.6 Å². The van der Waals surface area contributed by atoms with Crippen molar-refractivity contribution in [2.45, 2.75) is 64.0 Å². The molecule has 15 heteroatoms. The van der Waals surface area contributed by atoms with Crippen LogP contribution in [0.5, 0.6) is 17.2 Å². The highest BCUT2D eigenvalue weighted by Gasteiger charge is 2.44. The van der Waals surface area contributed by atoms with E-state index in [0.29, 0.717) is 78.6 Å². The molecule has 2 aliphatic heterocycles. The van der Waals surface area contributed by atoms with Crippen molar-refractivity contribution in [3.05, 3.63) is 63.4 Å². The number of ether oxygens (including phenoxy) is 4. The summed E-state index contributed by atoms with van der Waals surface area (Å²) in [7, 11) is 4.33. The van der Waals surface area contributed by atoms with E-state index in [1.165, 1.54) is 14.2 Å². The third kappa shape index (κ3) is 8.44. The van der Waals surface area contributed by atoms with Gasteiger partial charge in [0, 0.05) is 55.3 Å². The van der Waals surface area contributed by atoms with E-state index >= 15 is 0 Å². The number of hydrogen-bond donors (Lipinski definition) is 2. The highest BCUT2D eigenvalue weighted by Crippen LogP contribution is 2.43. The Morgan fingerprint density at radius 3 is 2.41 bits per heavy atom. The van der Waals surface area contributed by atoms with Crippen molar-refractivity contribution in [1.82, 2.24) is 14.8 Å². The summed E-state index contributed by atoms with van der Waals surface area (Å²) in [5.41, 5.74) is 7.16. The van der Waals surface area contributed by atoms with Crippen LogP contribution in [0, 0.1) is 11.8 Å². The van der Waals surface area contributed by atoms with Crippen molar-refractivity contribution in [3.63, 3.8) is 0 Å². The van der Waals surface area contributed by atoms with Crippen LogP contribution in [0.3, 0.4) is 0 Å². The van der Waals surface area contributed by atoms with Crippen LogP contribution in [-0.4, -0.2) is 86.5 Å². The first-order chi connectivity index (χ1) is 24.4. The number of nitrogens with two attached hydrogens (primary N) is 2. The fraction of sp³-hybridized carbons (Fsp3) is 0.528. The van der Waals surface area contributed by atoms with Gasteiger partial charge in [-0.05, 0) is 55.5 Å². The van der Waals surface area contributed by atoms with Crippen molar-refractivity contribution in [1.29, 1.82) is 0 Å². The smallest absolute Gasteiger partial charge is 0.310 e. The van der Waals surface area contributed by atoms with Crippen LogP contribution in [0.1, 0.15) is 61.3 Å². The molecule has 278 valence electrons. The molecular formula is C36H46ClF2N5O7. The van der Waals surface area contributed by atoms with E-state index in [2.05, 4.69) is 0 Å². The zero-order valence-electron chi connectivity index (χ0n) is 29.2. The number of methoxy groups -OCH3 is 2. The van der Waals surface area contributed by atoms with Crippen molar-refractivity contribution >= 4 is 29.4 Å². The number of rotatable bonds is 13. The van der Waals surface area contributed by atoms with Gasteiger partial charge in [0.1, 0.15) is 36.2 Å². The first-order valence-electron chi connectivity index (χ1n) is 17.1. The van der Waals surface area contributed by atoms with Gasteiger partial charge in [0.25, 0.3) is 6.43 Å². The Bertz CT molecular complexity index is 1630. The Labute approximate surface area is 301 Å². The third-order valence-electron chi connectivity index (χ3n) is 9.97. The summed E-state index contributed by atoms with van der Waals surface area (Å²) in [6.07, 6.45) is 1.04. The second kappa shape index (κ2) is 16.8. The number of carbonyl (C=O) groups excluding carboxylic acids is 3. The number of hydrogen-bond acceptors (Lipinski definition) is 10. The van der Waals surface area contributed by atoms with Gasteiger partial charge in [0.15, 0.2) is 0 Å². The molecule has 0 unspecified atom stereocenters. The highest BCUT2D eigenvalue weighted by atomic mass is 35.5. The Morgan fingerprint density at radius 1 is 1.02 bits per heavy atom. The minimum atomic E-state index is -2.93. The van der Waals surface area contributed by atoms with Crippen LogP contribution in [0.25, 0.3) is 0 Å². The predicted octanol–water partition coefficient (Wildman–Crippen LogP) is 4.57. The van der Waals surface area contributed by atoms with Crippen molar-refractivity contribution in [2.75, 3.05) is 47.5 Å². The Kier molecular flexibility index (Phi) is 12.5. The summed E-state index contributed by atoms with van der Waals surface area (Å²) in [5.74, 6) is 4.96. The number of allylic oxidation sites excluding steroid dienone is 1. The number of likely N-dealkylation sites (tertiary alicyclic amines) is 1. The van der Waals surface area contributed by atoms with Gasteiger partial charge in [-0.15, -0.1) is 0 Å². The molecular weight excluding hydrogens is 688 g/mol. The lowest BCUT2D eigenvalue weighted by molar-refractivity contribution is -0.159. The number of benzene rings is 2. The van der Waals surface area contributed by atoms with Crippen LogP contribution < -0.4 is 25.8 Å². The van der Waals surface area contributed by atoms with Crippen LogP contribution >= 0.6 is 11.6 Å². The number of esters is 1. The summed E-state index contributed by atoms with van der Waals surface area (Å²) >= 11 is 6.71.